The Labute approximate surface area is 131 Å². The molecule has 0 amide bonds. The van der Waals surface area contributed by atoms with Gasteiger partial charge in [-0.3, -0.25) is 4.79 Å². The molecule has 106 valence electrons. The molecule has 0 fully saturated rings. The third-order valence-corrected chi connectivity index (χ3v) is 4.86. The summed E-state index contributed by atoms with van der Waals surface area (Å²) in [4.78, 5) is 13.4. The number of hydrogen-bond acceptors (Lipinski definition) is 4. The minimum atomic E-state index is -0.199. The first-order valence-electron chi connectivity index (χ1n) is 6.23. The van der Waals surface area contributed by atoms with Crippen LogP contribution in [-0.2, 0) is 22.5 Å². The highest BCUT2D eigenvalue weighted by atomic mass is 79.9. The number of rotatable bonds is 5. The molecular weight excluding hydrogens is 338 g/mol. The third kappa shape index (κ3) is 4.08. The predicted octanol–water partition coefficient (Wildman–Crippen LogP) is 4.15. The van der Waals surface area contributed by atoms with E-state index in [0.29, 0.717) is 6.42 Å². The van der Waals surface area contributed by atoms with Gasteiger partial charge < -0.3 is 10.1 Å². The van der Waals surface area contributed by atoms with Gasteiger partial charge in [0.15, 0.2) is 0 Å². The summed E-state index contributed by atoms with van der Waals surface area (Å²) in [5.41, 5.74) is 2.29. The number of benzene rings is 1. The number of methoxy groups -OCH3 is 1. The van der Waals surface area contributed by atoms with Gasteiger partial charge in [0.1, 0.15) is 0 Å². The van der Waals surface area contributed by atoms with E-state index >= 15 is 0 Å². The van der Waals surface area contributed by atoms with E-state index in [0.717, 1.165) is 21.6 Å². The summed E-state index contributed by atoms with van der Waals surface area (Å²) in [6.07, 6.45) is 0.346. The largest absolute Gasteiger partial charge is 0.469 e. The van der Waals surface area contributed by atoms with Crippen molar-refractivity contribution < 1.29 is 9.53 Å². The van der Waals surface area contributed by atoms with Crippen LogP contribution in [0.2, 0.25) is 0 Å². The maximum absolute atomic E-state index is 11.2. The summed E-state index contributed by atoms with van der Waals surface area (Å²) in [6.45, 7) is 2.82. The van der Waals surface area contributed by atoms with Gasteiger partial charge in [-0.1, -0.05) is 15.9 Å². The monoisotopic (exact) mass is 353 g/mol. The molecule has 0 saturated heterocycles. The maximum Gasteiger partial charge on any atom is 0.310 e. The fourth-order valence-electron chi connectivity index (χ4n) is 1.77. The molecule has 0 saturated carbocycles. The number of aryl methyl sites for hydroxylation is 1. The SMILES string of the molecule is COC(=O)Cc1ccc(CNc2ccc(Br)c(C)c2)s1. The fourth-order valence-corrected chi connectivity index (χ4v) is 2.96. The Morgan fingerprint density at radius 1 is 1.30 bits per heavy atom. The summed E-state index contributed by atoms with van der Waals surface area (Å²) in [5.74, 6) is -0.199. The van der Waals surface area contributed by atoms with Gasteiger partial charge >= 0.3 is 5.97 Å². The van der Waals surface area contributed by atoms with Crippen LogP contribution in [0.1, 0.15) is 15.3 Å². The van der Waals surface area contributed by atoms with Gasteiger partial charge in [0.25, 0.3) is 0 Å². The molecule has 5 heteroatoms. The number of hydrogen-bond donors (Lipinski definition) is 1. The highest BCUT2D eigenvalue weighted by molar-refractivity contribution is 9.10. The summed E-state index contributed by atoms with van der Waals surface area (Å²) in [6, 6.07) is 10.2. The summed E-state index contributed by atoms with van der Waals surface area (Å²) >= 11 is 5.12. The van der Waals surface area contributed by atoms with Crippen LogP contribution in [0.3, 0.4) is 0 Å². The lowest BCUT2D eigenvalue weighted by atomic mass is 10.2. The quantitative estimate of drug-likeness (QED) is 0.820. The smallest absolute Gasteiger partial charge is 0.310 e. The first-order chi connectivity index (χ1) is 9.58. The lowest BCUT2D eigenvalue weighted by Gasteiger charge is -2.06. The van der Waals surface area contributed by atoms with E-state index in [2.05, 4.69) is 39.0 Å². The molecular formula is C15H16BrNO2S. The number of halogens is 1. The molecule has 0 atom stereocenters. The second kappa shape index (κ2) is 6.90. The highest BCUT2D eigenvalue weighted by Crippen LogP contribution is 2.22. The van der Waals surface area contributed by atoms with Gasteiger partial charge in [-0.25, -0.2) is 0 Å². The molecule has 0 aliphatic rings. The summed E-state index contributed by atoms with van der Waals surface area (Å²) in [7, 11) is 1.41. The molecule has 1 aromatic heterocycles. The Kier molecular flexibility index (Phi) is 5.20. The Balaban J connectivity index is 1.93. The van der Waals surface area contributed by atoms with Crippen LogP contribution in [0.4, 0.5) is 5.69 Å². The van der Waals surface area contributed by atoms with Crippen molar-refractivity contribution in [3.8, 4) is 0 Å². The van der Waals surface area contributed by atoms with Crippen LogP contribution >= 0.6 is 27.3 Å². The number of ether oxygens (including phenoxy) is 1. The van der Waals surface area contributed by atoms with Crippen LogP contribution in [0.25, 0.3) is 0 Å². The normalized spacial score (nSPS) is 10.3. The topological polar surface area (TPSA) is 38.3 Å². The van der Waals surface area contributed by atoms with E-state index in [4.69, 9.17) is 0 Å². The molecule has 1 N–H and O–H groups in total. The number of carbonyl (C=O) groups is 1. The van der Waals surface area contributed by atoms with E-state index in [1.165, 1.54) is 17.6 Å². The molecule has 0 aliphatic heterocycles. The Morgan fingerprint density at radius 2 is 2.05 bits per heavy atom. The molecule has 2 aromatic rings. The molecule has 1 heterocycles. The average Bonchev–Trinajstić information content (AvgIpc) is 2.87. The second-order valence-electron chi connectivity index (χ2n) is 4.44. The van der Waals surface area contributed by atoms with Gasteiger partial charge in [0.05, 0.1) is 13.5 Å². The minimum Gasteiger partial charge on any atom is -0.469 e. The van der Waals surface area contributed by atoms with Gasteiger partial charge in [-0.2, -0.15) is 0 Å². The van der Waals surface area contributed by atoms with E-state index < -0.39 is 0 Å². The number of anilines is 1. The van der Waals surface area contributed by atoms with Crippen LogP contribution in [0.5, 0.6) is 0 Å². The Bertz CT molecular complexity index is 610. The number of nitrogens with one attached hydrogen (secondary N) is 1. The molecule has 1 aromatic carbocycles. The number of thiophene rings is 1. The van der Waals surface area contributed by atoms with E-state index in [1.54, 1.807) is 11.3 Å². The predicted molar refractivity (Wildman–Crippen MR) is 86.2 cm³/mol. The van der Waals surface area contributed by atoms with Gasteiger partial charge in [-0.05, 0) is 42.8 Å². The molecule has 0 unspecified atom stereocenters. The average molecular weight is 354 g/mol. The van der Waals surface area contributed by atoms with E-state index in [1.807, 2.05) is 24.3 Å². The van der Waals surface area contributed by atoms with Crippen molar-refractivity contribution in [1.82, 2.24) is 0 Å². The van der Waals surface area contributed by atoms with Crippen LogP contribution in [0, 0.1) is 6.92 Å². The lowest BCUT2D eigenvalue weighted by molar-refractivity contribution is -0.139. The zero-order valence-corrected chi connectivity index (χ0v) is 13.8. The standard InChI is InChI=1S/C15H16BrNO2S/c1-10-7-11(3-6-14(10)16)17-9-13-5-4-12(20-13)8-15(18)19-2/h3-7,17H,8-9H2,1-2H3. The van der Waals surface area contributed by atoms with Gasteiger partial charge in [0, 0.05) is 26.5 Å². The number of carbonyl (C=O) groups excluding carboxylic acids is 1. The maximum atomic E-state index is 11.2. The Morgan fingerprint density at radius 3 is 2.75 bits per heavy atom. The minimum absolute atomic E-state index is 0.199. The molecule has 2 rings (SSSR count). The molecule has 0 bridgehead atoms. The molecule has 0 spiro atoms. The fraction of sp³-hybridized carbons (Fsp3) is 0.267. The first kappa shape index (κ1) is 15.1. The van der Waals surface area contributed by atoms with Gasteiger partial charge in [-0.15, -0.1) is 11.3 Å². The molecule has 20 heavy (non-hydrogen) atoms. The summed E-state index contributed by atoms with van der Waals surface area (Å²) < 4.78 is 5.78. The zero-order chi connectivity index (χ0) is 14.5. The van der Waals surface area contributed by atoms with Gasteiger partial charge in [0.2, 0.25) is 0 Å². The third-order valence-electron chi connectivity index (χ3n) is 2.89. The first-order valence-corrected chi connectivity index (χ1v) is 7.84. The van der Waals surface area contributed by atoms with Crippen LogP contribution < -0.4 is 5.32 Å². The van der Waals surface area contributed by atoms with Crippen molar-refractivity contribution in [3.63, 3.8) is 0 Å². The zero-order valence-electron chi connectivity index (χ0n) is 11.4. The molecule has 0 radical (unpaired) electrons. The van der Waals surface area contributed by atoms with Crippen LogP contribution in [-0.4, -0.2) is 13.1 Å². The van der Waals surface area contributed by atoms with Crippen molar-refractivity contribution in [3.05, 3.63) is 50.1 Å². The number of esters is 1. The summed E-state index contributed by atoms with van der Waals surface area (Å²) in [5, 5.41) is 3.38. The Hall–Kier alpha value is -1.33. The van der Waals surface area contributed by atoms with Crippen LogP contribution in [0.15, 0.2) is 34.8 Å². The van der Waals surface area contributed by atoms with E-state index in [-0.39, 0.29) is 5.97 Å². The van der Waals surface area contributed by atoms with Crippen molar-refractivity contribution >= 4 is 38.9 Å². The van der Waals surface area contributed by atoms with Crippen molar-refractivity contribution in [2.75, 3.05) is 12.4 Å². The lowest BCUT2D eigenvalue weighted by Crippen LogP contribution is -2.02. The molecule has 0 aliphatic carbocycles. The van der Waals surface area contributed by atoms with E-state index in [9.17, 15) is 4.79 Å². The van der Waals surface area contributed by atoms with Crippen molar-refractivity contribution in [1.29, 1.82) is 0 Å². The highest BCUT2D eigenvalue weighted by Gasteiger charge is 2.06. The van der Waals surface area contributed by atoms with Crippen molar-refractivity contribution in [2.24, 2.45) is 0 Å². The second-order valence-corrected chi connectivity index (χ2v) is 6.55. The van der Waals surface area contributed by atoms with Crippen molar-refractivity contribution in [2.45, 2.75) is 19.9 Å². The molecule has 3 nitrogen and oxygen atoms in total.